The molecular formula is C20H17ClN4O3S. The van der Waals surface area contributed by atoms with E-state index in [1.807, 2.05) is 36.6 Å². The molecule has 0 spiro atoms. The Morgan fingerprint density at radius 1 is 1.38 bits per heavy atom. The van der Waals surface area contributed by atoms with Crippen LogP contribution in [0.5, 0.6) is 0 Å². The lowest BCUT2D eigenvalue weighted by Crippen LogP contribution is -2.14. The molecule has 0 bridgehead atoms. The largest absolute Gasteiger partial charge is 0.376 e. The summed E-state index contributed by atoms with van der Waals surface area (Å²) in [6, 6.07) is 14.3. The van der Waals surface area contributed by atoms with Crippen molar-refractivity contribution in [3.8, 4) is 6.07 Å². The molecule has 9 heteroatoms. The van der Waals surface area contributed by atoms with Crippen LogP contribution in [0.4, 0.5) is 11.4 Å². The van der Waals surface area contributed by atoms with Gasteiger partial charge in [-0.15, -0.1) is 0 Å². The molecule has 1 atom stereocenters. The average molecular weight is 429 g/mol. The number of benzene rings is 2. The van der Waals surface area contributed by atoms with Gasteiger partial charge in [0, 0.05) is 30.0 Å². The number of nitriles is 1. The molecule has 0 aliphatic heterocycles. The highest BCUT2D eigenvalue weighted by molar-refractivity contribution is 7.93. The third-order valence-corrected chi connectivity index (χ3v) is 5.06. The van der Waals surface area contributed by atoms with Gasteiger partial charge in [-0.2, -0.15) is 5.26 Å². The maximum atomic E-state index is 11.3. The molecule has 0 radical (unpaired) electrons. The molecule has 0 saturated carbocycles. The lowest BCUT2D eigenvalue weighted by Gasteiger charge is -2.22. The fraction of sp³-hybridized carbons (Fsp3) is 0.200. The van der Waals surface area contributed by atoms with E-state index < -0.39 is 4.92 Å². The van der Waals surface area contributed by atoms with Gasteiger partial charge in [0.2, 0.25) is 0 Å². The van der Waals surface area contributed by atoms with Crippen LogP contribution in [0.2, 0.25) is 5.02 Å². The van der Waals surface area contributed by atoms with Gasteiger partial charge >= 0.3 is 0 Å². The predicted molar refractivity (Wildman–Crippen MR) is 115 cm³/mol. The smallest absolute Gasteiger partial charge is 0.271 e. The molecule has 0 saturated heterocycles. The van der Waals surface area contributed by atoms with Crippen molar-refractivity contribution in [2.75, 3.05) is 18.2 Å². The highest BCUT2D eigenvalue weighted by Gasteiger charge is 2.20. The molecule has 148 valence electrons. The van der Waals surface area contributed by atoms with E-state index in [2.05, 4.69) is 16.4 Å². The number of nitro benzene ring substituents is 1. The summed E-state index contributed by atoms with van der Waals surface area (Å²) in [6.07, 6.45) is 3.89. The van der Waals surface area contributed by atoms with Gasteiger partial charge in [-0.3, -0.25) is 15.1 Å². The molecule has 0 fully saturated rings. The van der Waals surface area contributed by atoms with E-state index in [-0.39, 0.29) is 22.3 Å². The van der Waals surface area contributed by atoms with E-state index >= 15 is 0 Å². The summed E-state index contributed by atoms with van der Waals surface area (Å²) in [5.74, 6) is 0. The van der Waals surface area contributed by atoms with Crippen molar-refractivity contribution in [1.29, 1.82) is 5.26 Å². The summed E-state index contributed by atoms with van der Waals surface area (Å²) in [5.41, 5.74) is 1.97. The monoisotopic (exact) mass is 428 g/mol. The number of nitrogens with one attached hydrogen (secondary N) is 1. The van der Waals surface area contributed by atoms with Crippen LogP contribution in [0.15, 0.2) is 48.7 Å². The van der Waals surface area contributed by atoms with Crippen LogP contribution < -0.4 is 5.32 Å². The number of hydrogen-bond acceptors (Lipinski definition) is 7. The zero-order valence-electron chi connectivity index (χ0n) is 15.5. The van der Waals surface area contributed by atoms with Crippen molar-refractivity contribution >= 4 is 45.9 Å². The molecule has 1 unspecified atom stereocenters. The predicted octanol–water partition coefficient (Wildman–Crippen LogP) is 5.51. The van der Waals surface area contributed by atoms with Gasteiger partial charge in [-0.25, -0.2) is 0 Å². The lowest BCUT2D eigenvalue weighted by atomic mass is 10.0. The maximum Gasteiger partial charge on any atom is 0.271 e. The summed E-state index contributed by atoms with van der Waals surface area (Å²) in [5, 5.41) is 24.9. The van der Waals surface area contributed by atoms with Crippen molar-refractivity contribution in [3.05, 3.63) is 74.9 Å². The summed E-state index contributed by atoms with van der Waals surface area (Å²) in [7, 11) is 0. The second-order valence-corrected chi connectivity index (χ2v) is 7.10. The standard InChI is InChI=1S/C20H17ClN4O3S/c1-29-28-8-7-18(13-5-3-2-4-6-13)24-19-14(11-22)12-23-20-16(19)9-15(25(26)27)10-17(20)21/h2-6,9-10,12,18H,7-8H2,1H3,(H,23,24). The Morgan fingerprint density at radius 3 is 2.79 bits per heavy atom. The molecule has 29 heavy (non-hydrogen) atoms. The highest BCUT2D eigenvalue weighted by atomic mass is 35.5. The van der Waals surface area contributed by atoms with Crippen LogP contribution in [0.25, 0.3) is 10.9 Å². The van der Waals surface area contributed by atoms with Gasteiger partial charge in [-0.05, 0) is 24.0 Å². The van der Waals surface area contributed by atoms with Crippen LogP contribution in [0.1, 0.15) is 23.6 Å². The lowest BCUT2D eigenvalue weighted by molar-refractivity contribution is -0.384. The van der Waals surface area contributed by atoms with E-state index in [1.54, 1.807) is 0 Å². The van der Waals surface area contributed by atoms with E-state index in [0.29, 0.717) is 29.6 Å². The number of nitro groups is 1. The van der Waals surface area contributed by atoms with Crippen LogP contribution in [0.3, 0.4) is 0 Å². The summed E-state index contributed by atoms with van der Waals surface area (Å²) in [6.45, 7) is 0.486. The quantitative estimate of drug-likeness (QED) is 0.218. The van der Waals surface area contributed by atoms with Gasteiger partial charge in [0.15, 0.2) is 0 Å². The fourth-order valence-electron chi connectivity index (χ4n) is 3.02. The highest BCUT2D eigenvalue weighted by Crippen LogP contribution is 2.36. The first-order chi connectivity index (χ1) is 14.0. The van der Waals surface area contributed by atoms with E-state index in [9.17, 15) is 15.4 Å². The van der Waals surface area contributed by atoms with Gasteiger partial charge in [0.05, 0.1) is 39.4 Å². The minimum absolute atomic E-state index is 0.156. The first kappa shape index (κ1) is 20.9. The fourth-order valence-corrected chi connectivity index (χ4v) is 3.55. The van der Waals surface area contributed by atoms with Gasteiger partial charge in [0.1, 0.15) is 6.07 Å². The maximum absolute atomic E-state index is 11.3. The Labute approximate surface area is 177 Å². The molecule has 0 aliphatic rings. The number of fused-ring (bicyclic) bond motifs is 1. The Morgan fingerprint density at radius 2 is 2.14 bits per heavy atom. The molecule has 3 aromatic rings. The van der Waals surface area contributed by atoms with Gasteiger partial charge in [-0.1, -0.05) is 41.9 Å². The number of non-ortho nitro benzene ring substituents is 1. The Hall–Kier alpha value is -2.86. The van der Waals surface area contributed by atoms with Gasteiger partial charge < -0.3 is 9.50 Å². The number of hydrogen-bond donors (Lipinski definition) is 1. The molecule has 3 rings (SSSR count). The van der Waals surface area contributed by atoms with E-state index in [4.69, 9.17) is 15.8 Å². The average Bonchev–Trinajstić information content (AvgIpc) is 2.73. The normalized spacial score (nSPS) is 11.8. The topological polar surface area (TPSA) is 101 Å². The van der Waals surface area contributed by atoms with Crippen molar-refractivity contribution < 1.29 is 9.11 Å². The summed E-state index contributed by atoms with van der Waals surface area (Å²) >= 11 is 7.51. The molecule has 0 aliphatic carbocycles. The first-order valence-corrected chi connectivity index (χ1v) is 10.2. The van der Waals surface area contributed by atoms with Crippen molar-refractivity contribution in [3.63, 3.8) is 0 Å². The van der Waals surface area contributed by atoms with E-state index in [1.165, 1.54) is 30.4 Å². The Bertz CT molecular complexity index is 1070. The SMILES string of the molecule is CSOCCC(Nc1c(C#N)cnc2c(Cl)cc([N+](=O)[O-])cc12)c1ccccc1. The molecular weight excluding hydrogens is 412 g/mol. The Balaban J connectivity index is 2.12. The molecule has 0 amide bonds. The summed E-state index contributed by atoms with van der Waals surface area (Å²) in [4.78, 5) is 15.0. The van der Waals surface area contributed by atoms with Crippen LogP contribution in [-0.4, -0.2) is 22.8 Å². The van der Waals surface area contributed by atoms with Crippen molar-refractivity contribution in [2.45, 2.75) is 12.5 Å². The van der Waals surface area contributed by atoms with E-state index in [0.717, 1.165) is 5.56 Å². The zero-order valence-corrected chi connectivity index (χ0v) is 17.0. The molecule has 7 nitrogen and oxygen atoms in total. The van der Waals surface area contributed by atoms with Crippen LogP contribution in [0, 0.1) is 21.4 Å². The number of pyridine rings is 1. The number of halogens is 1. The zero-order chi connectivity index (χ0) is 20.8. The molecule has 1 aromatic heterocycles. The molecule has 1 N–H and O–H groups in total. The number of rotatable bonds is 8. The minimum Gasteiger partial charge on any atom is -0.376 e. The Kier molecular flexibility index (Phi) is 6.88. The van der Waals surface area contributed by atoms with Gasteiger partial charge in [0.25, 0.3) is 5.69 Å². The molecule has 1 heterocycles. The number of aromatic nitrogens is 1. The number of nitrogens with zero attached hydrogens (tertiary/aromatic N) is 3. The summed E-state index contributed by atoms with van der Waals surface area (Å²) < 4.78 is 5.43. The van der Waals surface area contributed by atoms with Crippen LogP contribution in [-0.2, 0) is 4.18 Å². The molecule has 2 aromatic carbocycles. The third kappa shape index (κ3) is 4.77. The first-order valence-electron chi connectivity index (χ1n) is 8.69. The second-order valence-electron chi connectivity index (χ2n) is 6.12. The second kappa shape index (κ2) is 9.56. The van der Waals surface area contributed by atoms with Crippen molar-refractivity contribution in [1.82, 2.24) is 4.98 Å². The van der Waals surface area contributed by atoms with Crippen molar-refractivity contribution in [2.24, 2.45) is 0 Å². The third-order valence-electron chi connectivity index (χ3n) is 4.37. The minimum atomic E-state index is -0.519. The number of anilines is 1. The van der Waals surface area contributed by atoms with Crippen LogP contribution >= 0.6 is 23.6 Å².